The number of carbonyl (C=O) groups is 3. The summed E-state index contributed by atoms with van der Waals surface area (Å²) in [5.41, 5.74) is 5.32. The van der Waals surface area contributed by atoms with Crippen molar-refractivity contribution in [2.24, 2.45) is 5.73 Å². The number of allylic oxidation sites excluding steroid dienone is 7. The van der Waals surface area contributed by atoms with Gasteiger partial charge in [-0.2, -0.15) is 0 Å². The van der Waals surface area contributed by atoms with E-state index in [1.54, 1.807) is 12.2 Å². The first kappa shape index (κ1) is 54.4. The molecule has 330 valence electrons. The molecule has 0 aromatic carbocycles. The van der Waals surface area contributed by atoms with Crippen molar-refractivity contribution < 1.29 is 52.6 Å². The van der Waals surface area contributed by atoms with Crippen LogP contribution in [-0.4, -0.2) is 71.1 Å². The summed E-state index contributed by atoms with van der Waals surface area (Å²) in [7, 11) is -4.77. The van der Waals surface area contributed by atoms with Gasteiger partial charge in [0.15, 0.2) is 6.10 Å². The summed E-state index contributed by atoms with van der Waals surface area (Å²) in [5.74, 6) is -2.61. The standard InChI is InChI=1S/C44H78NO11P/c1-3-5-7-9-11-13-15-17-18-20-22-24-26-28-30-34-42(47)53-36-40(37-54-57(51,52)55-38-41(45)44(49)50)56-43(48)35-31-33-39(46)32-29-27-25-23-21-19-16-14-12-10-8-6-4-2/h13,15,19,21,25,27,29,32,39-41,46H,3-12,14,16-18,20,22-24,26,28,30-31,33-38,45H2,1-2H3,(H,49,50)(H,51,52)/b15-13-,21-19+,27-25+,32-29+/t39?,40-,41+/m1/s1. The van der Waals surface area contributed by atoms with Crippen LogP contribution in [0.5, 0.6) is 0 Å². The first-order valence-corrected chi connectivity index (χ1v) is 23.3. The molecule has 0 bridgehead atoms. The second kappa shape index (κ2) is 38.9. The molecule has 0 rings (SSSR count). The molecule has 0 saturated carbocycles. The fourth-order valence-corrected chi connectivity index (χ4v) is 6.43. The smallest absolute Gasteiger partial charge is 0.472 e. The number of carboxylic acids is 1. The van der Waals surface area contributed by atoms with Crippen LogP contribution in [0.4, 0.5) is 0 Å². The zero-order valence-corrected chi connectivity index (χ0v) is 36.2. The fourth-order valence-electron chi connectivity index (χ4n) is 5.66. The van der Waals surface area contributed by atoms with Crippen LogP contribution in [0.2, 0.25) is 0 Å². The van der Waals surface area contributed by atoms with E-state index >= 15 is 0 Å². The molecule has 4 atom stereocenters. The largest absolute Gasteiger partial charge is 0.480 e. The maximum absolute atomic E-state index is 12.6. The lowest BCUT2D eigenvalue weighted by atomic mass is 10.1. The number of nitrogens with two attached hydrogens (primary N) is 1. The van der Waals surface area contributed by atoms with Gasteiger partial charge in [0.25, 0.3) is 0 Å². The molecular weight excluding hydrogens is 749 g/mol. The van der Waals surface area contributed by atoms with Gasteiger partial charge in [-0.15, -0.1) is 0 Å². The lowest BCUT2D eigenvalue weighted by molar-refractivity contribution is -0.161. The molecule has 0 heterocycles. The highest BCUT2D eigenvalue weighted by Crippen LogP contribution is 2.43. The van der Waals surface area contributed by atoms with Crippen molar-refractivity contribution in [2.45, 2.75) is 193 Å². The monoisotopic (exact) mass is 828 g/mol. The zero-order valence-electron chi connectivity index (χ0n) is 35.3. The number of aliphatic hydroxyl groups is 1. The van der Waals surface area contributed by atoms with E-state index in [0.717, 1.165) is 44.9 Å². The Balaban J connectivity index is 4.57. The van der Waals surface area contributed by atoms with Gasteiger partial charge in [0.1, 0.15) is 12.6 Å². The summed E-state index contributed by atoms with van der Waals surface area (Å²) in [5, 5.41) is 19.2. The summed E-state index contributed by atoms with van der Waals surface area (Å²) in [6.07, 6.45) is 39.2. The second-order valence-corrected chi connectivity index (χ2v) is 16.1. The Hall–Kier alpha value is -2.60. The van der Waals surface area contributed by atoms with Crippen LogP contribution in [0.1, 0.15) is 174 Å². The van der Waals surface area contributed by atoms with E-state index in [4.69, 9.17) is 24.8 Å². The Morgan fingerprint density at radius 3 is 1.74 bits per heavy atom. The minimum Gasteiger partial charge on any atom is -0.480 e. The molecule has 0 aromatic heterocycles. The number of phosphoric ester groups is 1. The van der Waals surface area contributed by atoms with E-state index in [-0.39, 0.29) is 12.8 Å². The van der Waals surface area contributed by atoms with Crippen LogP contribution in [-0.2, 0) is 37.5 Å². The lowest BCUT2D eigenvalue weighted by Gasteiger charge is -2.20. The molecule has 13 heteroatoms. The first-order chi connectivity index (χ1) is 27.5. The summed E-state index contributed by atoms with van der Waals surface area (Å²) < 4.78 is 32.5. The van der Waals surface area contributed by atoms with Gasteiger partial charge in [-0.3, -0.25) is 23.4 Å². The van der Waals surface area contributed by atoms with Crippen molar-refractivity contribution in [3.63, 3.8) is 0 Å². The van der Waals surface area contributed by atoms with Gasteiger partial charge in [-0.05, 0) is 64.2 Å². The topological polar surface area (TPSA) is 192 Å². The number of carbonyl (C=O) groups excluding carboxylic acids is 2. The Morgan fingerprint density at radius 1 is 0.632 bits per heavy atom. The number of aliphatic carboxylic acids is 1. The van der Waals surface area contributed by atoms with Crippen LogP contribution in [0, 0.1) is 0 Å². The van der Waals surface area contributed by atoms with Gasteiger partial charge < -0.3 is 30.3 Å². The molecule has 0 radical (unpaired) electrons. The van der Waals surface area contributed by atoms with Crippen LogP contribution < -0.4 is 5.73 Å². The second-order valence-electron chi connectivity index (χ2n) is 14.7. The Labute approximate surface area is 344 Å². The van der Waals surface area contributed by atoms with Crippen molar-refractivity contribution in [2.75, 3.05) is 19.8 Å². The van der Waals surface area contributed by atoms with E-state index in [1.165, 1.54) is 83.5 Å². The summed E-state index contributed by atoms with van der Waals surface area (Å²) in [6.45, 7) is 2.58. The number of aliphatic hydroxyl groups excluding tert-OH is 1. The Bertz CT molecular complexity index is 1170. The van der Waals surface area contributed by atoms with Gasteiger partial charge in [0.05, 0.1) is 19.3 Å². The lowest BCUT2D eigenvalue weighted by Crippen LogP contribution is -2.34. The fraction of sp³-hybridized carbons (Fsp3) is 0.750. The van der Waals surface area contributed by atoms with Gasteiger partial charge >= 0.3 is 25.7 Å². The quantitative estimate of drug-likeness (QED) is 0.0150. The molecule has 0 amide bonds. The third kappa shape index (κ3) is 38.7. The molecule has 0 saturated heterocycles. The highest BCUT2D eigenvalue weighted by molar-refractivity contribution is 7.47. The van der Waals surface area contributed by atoms with Gasteiger partial charge in [-0.1, -0.05) is 146 Å². The maximum atomic E-state index is 12.6. The number of esters is 2. The molecule has 2 unspecified atom stereocenters. The highest BCUT2D eigenvalue weighted by Gasteiger charge is 2.28. The van der Waals surface area contributed by atoms with Crippen molar-refractivity contribution in [1.29, 1.82) is 0 Å². The third-order valence-corrected chi connectivity index (χ3v) is 10.1. The van der Waals surface area contributed by atoms with Crippen molar-refractivity contribution in [1.82, 2.24) is 0 Å². The van der Waals surface area contributed by atoms with Crippen LogP contribution in [0.25, 0.3) is 0 Å². The minimum atomic E-state index is -4.77. The molecule has 57 heavy (non-hydrogen) atoms. The van der Waals surface area contributed by atoms with E-state index in [1.807, 2.05) is 12.2 Å². The molecule has 0 spiro atoms. The molecule has 0 aliphatic carbocycles. The number of phosphoric acid groups is 1. The third-order valence-electron chi connectivity index (χ3n) is 9.15. The zero-order chi connectivity index (χ0) is 42.2. The molecule has 5 N–H and O–H groups in total. The SMILES string of the molecule is CCCCCC/C=C\CCCCCCCCCC(=O)OC[C@H](COP(=O)(O)OC[C@H](N)C(=O)O)OC(=O)CCCC(O)/C=C/C=C/C/C=C/CCCCCCCC. The van der Waals surface area contributed by atoms with Gasteiger partial charge in [-0.25, -0.2) is 4.57 Å². The van der Waals surface area contributed by atoms with Crippen molar-refractivity contribution in [3.8, 4) is 0 Å². The number of carboxylic acid groups (broad SMARTS) is 1. The Morgan fingerprint density at radius 2 is 1.14 bits per heavy atom. The number of unbranched alkanes of at least 4 members (excludes halogenated alkanes) is 17. The predicted octanol–water partition coefficient (Wildman–Crippen LogP) is 10.4. The first-order valence-electron chi connectivity index (χ1n) is 21.8. The normalized spacial score (nSPS) is 14.8. The average molecular weight is 828 g/mol. The number of ether oxygens (including phenoxy) is 2. The summed E-state index contributed by atoms with van der Waals surface area (Å²) in [6, 6.07) is -1.55. The molecule has 0 fully saturated rings. The maximum Gasteiger partial charge on any atom is 0.472 e. The molecule has 0 aliphatic rings. The Kier molecular flexibility index (Phi) is 37.1. The number of rotatable bonds is 40. The van der Waals surface area contributed by atoms with E-state index in [2.05, 4.69) is 42.7 Å². The van der Waals surface area contributed by atoms with Crippen LogP contribution in [0.3, 0.4) is 0 Å². The van der Waals surface area contributed by atoms with E-state index < -0.39 is 63.8 Å². The van der Waals surface area contributed by atoms with Crippen LogP contribution >= 0.6 is 7.82 Å². The molecular formula is C44H78NO11P. The summed E-state index contributed by atoms with van der Waals surface area (Å²) in [4.78, 5) is 45.9. The van der Waals surface area contributed by atoms with E-state index in [0.29, 0.717) is 19.3 Å². The molecule has 0 aliphatic heterocycles. The minimum absolute atomic E-state index is 0.0643. The van der Waals surface area contributed by atoms with Crippen molar-refractivity contribution >= 4 is 25.7 Å². The summed E-state index contributed by atoms with van der Waals surface area (Å²) >= 11 is 0. The van der Waals surface area contributed by atoms with Crippen LogP contribution in [0.15, 0.2) is 48.6 Å². The van der Waals surface area contributed by atoms with E-state index in [9.17, 15) is 28.9 Å². The average Bonchev–Trinajstić information content (AvgIpc) is 3.18. The highest BCUT2D eigenvalue weighted by atomic mass is 31.2. The van der Waals surface area contributed by atoms with Gasteiger partial charge in [0.2, 0.25) is 0 Å². The predicted molar refractivity (Wildman–Crippen MR) is 228 cm³/mol. The number of hydrogen-bond donors (Lipinski definition) is 4. The molecule has 0 aromatic rings. The molecule has 12 nitrogen and oxygen atoms in total. The van der Waals surface area contributed by atoms with Crippen molar-refractivity contribution in [3.05, 3.63) is 48.6 Å². The van der Waals surface area contributed by atoms with Gasteiger partial charge in [0, 0.05) is 12.8 Å². The number of hydrogen-bond acceptors (Lipinski definition) is 10.